The summed E-state index contributed by atoms with van der Waals surface area (Å²) in [4.78, 5) is 0. The van der Waals surface area contributed by atoms with E-state index in [1.54, 1.807) is 5.01 Å². The number of nitrogens with zero attached hydrogens (tertiary/aromatic N) is 1. The molecule has 0 spiro atoms. The number of nitrogens with two attached hydrogens (primary N) is 2. The molecule has 0 bridgehead atoms. The SMILES string of the molecule is CC1=C(N)CN(N)CC1. The first kappa shape index (κ1) is 6.58. The van der Waals surface area contributed by atoms with Gasteiger partial charge < -0.3 is 5.73 Å². The van der Waals surface area contributed by atoms with Gasteiger partial charge in [0.2, 0.25) is 0 Å². The van der Waals surface area contributed by atoms with Gasteiger partial charge in [-0.3, -0.25) is 5.84 Å². The van der Waals surface area contributed by atoms with Crippen LogP contribution in [0.25, 0.3) is 0 Å². The third-order valence-corrected chi connectivity index (χ3v) is 1.70. The maximum absolute atomic E-state index is 5.63. The molecule has 0 saturated carbocycles. The summed E-state index contributed by atoms with van der Waals surface area (Å²) in [5.74, 6) is 5.51. The monoisotopic (exact) mass is 127 g/mol. The van der Waals surface area contributed by atoms with Gasteiger partial charge in [-0.05, 0) is 13.3 Å². The molecule has 52 valence electrons. The van der Waals surface area contributed by atoms with Crippen molar-refractivity contribution in [2.45, 2.75) is 13.3 Å². The second-order valence-electron chi connectivity index (χ2n) is 2.53. The topological polar surface area (TPSA) is 55.3 Å². The van der Waals surface area contributed by atoms with Crippen molar-refractivity contribution in [1.29, 1.82) is 0 Å². The molecule has 0 aromatic heterocycles. The molecular weight excluding hydrogens is 114 g/mol. The number of hydrazine groups is 1. The third-order valence-electron chi connectivity index (χ3n) is 1.70. The van der Waals surface area contributed by atoms with Gasteiger partial charge >= 0.3 is 0 Å². The van der Waals surface area contributed by atoms with E-state index in [0.717, 1.165) is 25.2 Å². The van der Waals surface area contributed by atoms with Gasteiger partial charge in [-0.1, -0.05) is 5.57 Å². The van der Waals surface area contributed by atoms with Crippen molar-refractivity contribution in [1.82, 2.24) is 5.01 Å². The molecule has 0 aliphatic carbocycles. The molecule has 0 saturated heterocycles. The van der Waals surface area contributed by atoms with E-state index < -0.39 is 0 Å². The molecule has 1 aliphatic rings. The summed E-state index contributed by atoms with van der Waals surface area (Å²) in [5, 5.41) is 1.74. The summed E-state index contributed by atoms with van der Waals surface area (Å²) in [6, 6.07) is 0. The lowest BCUT2D eigenvalue weighted by Gasteiger charge is -2.23. The minimum absolute atomic E-state index is 0.728. The molecule has 1 rings (SSSR count). The molecule has 0 amide bonds. The summed E-state index contributed by atoms with van der Waals surface area (Å²) in [6.45, 7) is 3.72. The predicted molar refractivity (Wildman–Crippen MR) is 37.3 cm³/mol. The molecule has 3 heteroatoms. The minimum Gasteiger partial charge on any atom is -0.401 e. The van der Waals surface area contributed by atoms with E-state index in [1.807, 2.05) is 0 Å². The van der Waals surface area contributed by atoms with Crippen molar-refractivity contribution in [2.24, 2.45) is 11.6 Å². The summed E-state index contributed by atoms with van der Waals surface area (Å²) in [7, 11) is 0. The van der Waals surface area contributed by atoms with Crippen LogP contribution in [0.1, 0.15) is 13.3 Å². The number of hydrogen-bond acceptors (Lipinski definition) is 3. The summed E-state index contributed by atoms with van der Waals surface area (Å²) in [5.41, 5.74) is 7.85. The molecule has 9 heavy (non-hydrogen) atoms. The van der Waals surface area contributed by atoms with Crippen LogP contribution in [0.15, 0.2) is 11.3 Å². The van der Waals surface area contributed by atoms with Crippen LogP contribution >= 0.6 is 0 Å². The van der Waals surface area contributed by atoms with E-state index >= 15 is 0 Å². The fourth-order valence-corrected chi connectivity index (χ4v) is 0.905. The zero-order chi connectivity index (χ0) is 6.85. The number of rotatable bonds is 0. The Morgan fingerprint density at radius 2 is 2.22 bits per heavy atom. The first-order valence-electron chi connectivity index (χ1n) is 3.14. The third kappa shape index (κ3) is 1.43. The van der Waals surface area contributed by atoms with E-state index in [2.05, 4.69) is 6.92 Å². The highest BCUT2D eigenvalue weighted by atomic mass is 15.4. The highest BCUT2D eigenvalue weighted by molar-refractivity contribution is 5.12. The zero-order valence-corrected chi connectivity index (χ0v) is 5.72. The molecule has 1 aliphatic heterocycles. The van der Waals surface area contributed by atoms with Gasteiger partial charge in [0, 0.05) is 12.2 Å². The van der Waals surface area contributed by atoms with Crippen LogP contribution in [0.3, 0.4) is 0 Å². The van der Waals surface area contributed by atoms with Gasteiger partial charge in [-0.2, -0.15) is 0 Å². The van der Waals surface area contributed by atoms with E-state index in [-0.39, 0.29) is 0 Å². The molecule has 4 N–H and O–H groups in total. The second kappa shape index (κ2) is 2.37. The molecule has 0 aromatic carbocycles. The van der Waals surface area contributed by atoms with E-state index in [4.69, 9.17) is 11.6 Å². The van der Waals surface area contributed by atoms with Crippen molar-refractivity contribution in [2.75, 3.05) is 13.1 Å². The van der Waals surface area contributed by atoms with Crippen LogP contribution in [-0.2, 0) is 0 Å². The lowest BCUT2D eigenvalue weighted by Crippen LogP contribution is -2.39. The van der Waals surface area contributed by atoms with E-state index in [9.17, 15) is 0 Å². The molecule has 3 nitrogen and oxygen atoms in total. The van der Waals surface area contributed by atoms with Crippen molar-refractivity contribution < 1.29 is 0 Å². The lowest BCUT2D eigenvalue weighted by atomic mass is 10.1. The summed E-state index contributed by atoms with van der Waals surface area (Å²) < 4.78 is 0. The summed E-state index contributed by atoms with van der Waals surface area (Å²) >= 11 is 0. The van der Waals surface area contributed by atoms with Crippen molar-refractivity contribution in [3.63, 3.8) is 0 Å². The van der Waals surface area contributed by atoms with Crippen molar-refractivity contribution in [3.05, 3.63) is 11.3 Å². The normalized spacial score (nSPS) is 22.9. The first-order chi connectivity index (χ1) is 4.20. The van der Waals surface area contributed by atoms with Gasteiger partial charge in [-0.15, -0.1) is 0 Å². The molecule has 1 heterocycles. The molecule has 0 aromatic rings. The minimum atomic E-state index is 0.728. The molecule has 0 atom stereocenters. The Morgan fingerprint density at radius 1 is 1.56 bits per heavy atom. The Hall–Kier alpha value is -0.540. The van der Waals surface area contributed by atoms with Gasteiger partial charge in [0.15, 0.2) is 0 Å². The van der Waals surface area contributed by atoms with Crippen LogP contribution in [0.2, 0.25) is 0 Å². The fraction of sp³-hybridized carbons (Fsp3) is 0.667. The summed E-state index contributed by atoms with van der Waals surface area (Å²) in [6.07, 6.45) is 1.02. The van der Waals surface area contributed by atoms with Crippen LogP contribution in [0, 0.1) is 0 Å². The molecule has 0 unspecified atom stereocenters. The van der Waals surface area contributed by atoms with Gasteiger partial charge in [-0.25, -0.2) is 5.01 Å². The van der Waals surface area contributed by atoms with Crippen LogP contribution in [0.4, 0.5) is 0 Å². The largest absolute Gasteiger partial charge is 0.401 e. The van der Waals surface area contributed by atoms with E-state index in [0.29, 0.717) is 0 Å². The molecule has 0 fully saturated rings. The average molecular weight is 127 g/mol. The zero-order valence-electron chi connectivity index (χ0n) is 5.72. The first-order valence-corrected chi connectivity index (χ1v) is 3.14. The highest BCUT2D eigenvalue weighted by Crippen LogP contribution is 2.09. The Bertz CT molecular complexity index is 139. The maximum Gasteiger partial charge on any atom is 0.0524 e. The highest BCUT2D eigenvalue weighted by Gasteiger charge is 2.09. The van der Waals surface area contributed by atoms with Crippen LogP contribution in [-0.4, -0.2) is 18.1 Å². The Balaban J connectivity index is 2.61. The second-order valence-corrected chi connectivity index (χ2v) is 2.53. The predicted octanol–water partition coefficient (Wildman–Crippen LogP) is -0.202. The quantitative estimate of drug-likeness (QED) is 0.443. The van der Waals surface area contributed by atoms with Crippen LogP contribution in [0.5, 0.6) is 0 Å². The van der Waals surface area contributed by atoms with E-state index in [1.165, 1.54) is 5.57 Å². The standard InChI is InChI=1S/C6H13N3/c1-5-2-3-9(8)4-6(5)7/h2-4,7-8H2,1H3. The van der Waals surface area contributed by atoms with Gasteiger partial charge in [0.05, 0.1) is 6.54 Å². The lowest BCUT2D eigenvalue weighted by molar-refractivity contribution is 0.294. The Kier molecular flexibility index (Phi) is 1.73. The average Bonchev–Trinajstić information content (AvgIpc) is 1.80. The van der Waals surface area contributed by atoms with Crippen molar-refractivity contribution >= 4 is 0 Å². The molecule has 0 radical (unpaired) electrons. The fourth-order valence-electron chi connectivity index (χ4n) is 0.905. The maximum atomic E-state index is 5.63. The molecular formula is C6H13N3. The van der Waals surface area contributed by atoms with Gasteiger partial charge in [0.1, 0.15) is 0 Å². The number of hydrogen-bond donors (Lipinski definition) is 2. The Labute approximate surface area is 55.3 Å². The Morgan fingerprint density at radius 3 is 2.67 bits per heavy atom. The smallest absolute Gasteiger partial charge is 0.0524 e. The van der Waals surface area contributed by atoms with Crippen molar-refractivity contribution in [3.8, 4) is 0 Å². The van der Waals surface area contributed by atoms with Gasteiger partial charge in [0.25, 0.3) is 0 Å². The van der Waals surface area contributed by atoms with Crippen LogP contribution < -0.4 is 11.6 Å².